The van der Waals surface area contributed by atoms with Crippen molar-refractivity contribution in [3.05, 3.63) is 57.9 Å². The lowest BCUT2D eigenvalue weighted by molar-refractivity contribution is 0.262. The van der Waals surface area contributed by atoms with E-state index in [1.165, 1.54) is 6.07 Å². The molecule has 0 bridgehead atoms. The third-order valence-corrected chi connectivity index (χ3v) is 4.35. The minimum atomic E-state index is -0.340. The summed E-state index contributed by atoms with van der Waals surface area (Å²) in [4.78, 5) is 30.9. The molecule has 0 aliphatic carbocycles. The van der Waals surface area contributed by atoms with Crippen molar-refractivity contribution in [2.24, 2.45) is 0 Å². The Kier molecular flexibility index (Phi) is 5.30. The Balaban J connectivity index is 1.72. The fourth-order valence-corrected chi connectivity index (χ4v) is 3.07. The molecule has 0 atom stereocenters. The number of amides is 2. The highest BCUT2D eigenvalue weighted by Gasteiger charge is 2.15. The van der Waals surface area contributed by atoms with Crippen molar-refractivity contribution in [1.82, 2.24) is 19.7 Å². The smallest absolute Gasteiger partial charge is 0.311 e. The summed E-state index contributed by atoms with van der Waals surface area (Å²) >= 11 is 0. The predicted molar refractivity (Wildman–Crippen MR) is 110 cm³/mol. The number of anilines is 2. The Labute approximate surface area is 163 Å². The van der Waals surface area contributed by atoms with E-state index in [9.17, 15) is 9.59 Å². The summed E-state index contributed by atoms with van der Waals surface area (Å²) in [6.07, 6.45) is 0. The lowest BCUT2D eigenvalue weighted by Gasteiger charge is -2.10. The standard InChI is InChI=1S/C20H24N6O2/c1-11(2)26-13(4)19(12(3)25-26)24-20(28)23-16-8-6-15(7-9-16)17-10-18(27)22-14(5)21-17/h6-11H,1-5H3,(H,21,22,27)(H2,23,24,28). The number of urea groups is 1. The number of nitrogens with one attached hydrogen (secondary N) is 3. The quantitative estimate of drug-likeness (QED) is 0.640. The van der Waals surface area contributed by atoms with E-state index >= 15 is 0 Å². The summed E-state index contributed by atoms with van der Waals surface area (Å²) in [5, 5.41) is 10.1. The first-order valence-corrected chi connectivity index (χ1v) is 9.06. The van der Waals surface area contributed by atoms with Gasteiger partial charge in [0.2, 0.25) is 0 Å². The van der Waals surface area contributed by atoms with E-state index < -0.39 is 0 Å². The number of rotatable bonds is 4. The van der Waals surface area contributed by atoms with Gasteiger partial charge in [-0.05, 0) is 46.8 Å². The van der Waals surface area contributed by atoms with Crippen LogP contribution in [0, 0.1) is 20.8 Å². The zero-order valence-electron chi connectivity index (χ0n) is 16.6. The molecule has 0 aliphatic heterocycles. The number of carbonyl (C=O) groups excluding carboxylic acids is 1. The van der Waals surface area contributed by atoms with Crippen molar-refractivity contribution in [3.8, 4) is 11.3 Å². The second kappa shape index (κ2) is 7.67. The molecule has 8 heteroatoms. The van der Waals surface area contributed by atoms with Crippen LogP contribution in [0.1, 0.15) is 37.1 Å². The third kappa shape index (κ3) is 4.11. The van der Waals surface area contributed by atoms with Gasteiger partial charge < -0.3 is 15.6 Å². The summed E-state index contributed by atoms with van der Waals surface area (Å²) < 4.78 is 1.89. The Bertz CT molecular complexity index is 1060. The maximum atomic E-state index is 12.4. The lowest BCUT2D eigenvalue weighted by atomic mass is 10.1. The largest absolute Gasteiger partial charge is 0.323 e. The number of aryl methyl sites for hydroxylation is 2. The molecule has 0 unspecified atom stereocenters. The number of hydrogen-bond acceptors (Lipinski definition) is 4. The van der Waals surface area contributed by atoms with Gasteiger partial charge in [0.15, 0.2) is 0 Å². The van der Waals surface area contributed by atoms with Crippen molar-refractivity contribution in [1.29, 1.82) is 0 Å². The Hall–Kier alpha value is -3.42. The second-order valence-corrected chi connectivity index (χ2v) is 6.96. The third-order valence-electron chi connectivity index (χ3n) is 4.35. The van der Waals surface area contributed by atoms with Crippen LogP contribution in [-0.2, 0) is 0 Å². The van der Waals surface area contributed by atoms with Crippen LogP contribution >= 0.6 is 0 Å². The van der Waals surface area contributed by atoms with E-state index in [1.807, 2.05) is 44.5 Å². The molecule has 2 heterocycles. The highest BCUT2D eigenvalue weighted by atomic mass is 16.2. The SMILES string of the molecule is Cc1nc(-c2ccc(NC(=O)Nc3c(C)nn(C(C)C)c3C)cc2)cc(=O)[nH]1. The van der Waals surface area contributed by atoms with Gasteiger partial charge >= 0.3 is 6.03 Å². The van der Waals surface area contributed by atoms with E-state index in [0.717, 1.165) is 17.0 Å². The molecular weight excluding hydrogens is 356 g/mol. The van der Waals surface area contributed by atoms with Gasteiger partial charge in [-0.2, -0.15) is 5.10 Å². The van der Waals surface area contributed by atoms with Crippen LogP contribution < -0.4 is 16.2 Å². The molecule has 146 valence electrons. The van der Waals surface area contributed by atoms with Gasteiger partial charge in [0.1, 0.15) is 5.82 Å². The number of aromatic amines is 1. The number of nitrogens with zero attached hydrogens (tertiary/aromatic N) is 3. The number of H-pyrrole nitrogens is 1. The van der Waals surface area contributed by atoms with Gasteiger partial charge in [-0.3, -0.25) is 9.48 Å². The topological polar surface area (TPSA) is 105 Å². The fourth-order valence-electron chi connectivity index (χ4n) is 3.07. The molecule has 0 aliphatic rings. The first-order chi connectivity index (χ1) is 13.2. The van der Waals surface area contributed by atoms with E-state index in [4.69, 9.17) is 0 Å². The summed E-state index contributed by atoms with van der Waals surface area (Å²) in [6, 6.07) is 8.47. The molecule has 2 amide bonds. The first-order valence-electron chi connectivity index (χ1n) is 9.06. The van der Waals surface area contributed by atoms with Crippen LogP contribution in [0.25, 0.3) is 11.3 Å². The van der Waals surface area contributed by atoms with Crippen LogP contribution in [0.4, 0.5) is 16.2 Å². The van der Waals surface area contributed by atoms with Crippen molar-refractivity contribution >= 4 is 17.4 Å². The van der Waals surface area contributed by atoms with Crippen LogP contribution in [0.3, 0.4) is 0 Å². The highest BCUT2D eigenvalue weighted by molar-refractivity contribution is 6.00. The maximum absolute atomic E-state index is 12.4. The van der Waals surface area contributed by atoms with E-state index in [1.54, 1.807) is 19.1 Å². The van der Waals surface area contributed by atoms with Gasteiger partial charge in [-0.25, -0.2) is 9.78 Å². The molecule has 1 aromatic carbocycles. The molecule has 3 aromatic rings. The van der Waals surface area contributed by atoms with Crippen LogP contribution in [0.2, 0.25) is 0 Å². The van der Waals surface area contributed by atoms with Crippen LogP contribution in [0.15, 0.2) is 35.1 Å². The minimum Gasteiger partial charge on any atom is -0.311 e. The zero-order chi connectivity index (χ0) is 20.4. The summed E-state index contributed by atoms with van der Waals surface area (Å²) in [6.45, 7) is 9.62. The van der Waals surface area contributed by atoms with E-state index in [0.29, 0.717) is 22.9 Å². The predicted octanol–water partition coefficient (Wildman–Crippen LogP) is 3.78. The molecule has 28 heavy (non-hydrogen) atoms. The lowest BCUT2D eigenvalue weighted by Crippen LogP contribution is -2.20. The van der Waals surface area contributed by atoms with Crippen molar-refractivity contribution in [3.63, 3.8) is 0 Å². The molecule has 0 fully saturated rings. The number of hydrogen-bond donors (Lipinski definition) is 3. The highest BCUT2D eigenvalue weighted by Crippen LogP contribution is 2.23. The molecule has 8 nitrogen and oxygen atoms in total. The second-order valence-electron chi connectivity index (χ2n) is 6.96. The molecule has 3 N–H and O–H groups in total. The average Bonchev–Trinajstić information content (AvgIpc) is 2.90. The van der Waals surface area contributed by atoms with Crippen LogP contribution in [-0.4, -0.2) is 25.8 Å². The minimum absolute atomic E-state index is 0.197. The average molecular weight is 380 g/mol. The Morgan fingerprint density at radius 1 is 1.11 bits per heavy atom. The van der Waals surface area contributed by atoms with Gasteiger partial charge in [-0.1, -0.05) is 12.1 Å². The van der Waals surface area contributed by atoms with E-state index in [-0.39, 0.29) is 17.6 Å². The van der Waals surface area contributed by atoms with Crippen LogP contribution in [0.5, 0.6) is 0 Å². The van der Waals surface area contributed by atoms with Crippen molar-refractivity contribution < 1.29 is 4.79 Å². The van der Waals surface area contributed by atoms with Crippen molar-refractivity contribution in [2.45, 2.75) is 40.7 Å². The van der Waals surface area contributed by atoms with E-state index in [2.05, 4.69) is 25.7 Å². The zero-order valence-corrected chi connectivity index (χ0v) is 16.6. The summed E-state index contributed by atoms with van der Waals surface area (Å²) in [5.74, 6) is 0.553. The summed E-state index contributed by atoms with van der Waals surface area (Å²) in [7, 11) is 0. The van der Waals surface area contributed by atoms with Gasteiger partial charge in [0.25, 0.3) is 5.56 Å². The van der Waals surface area contributed by atoms with Gasteiger partial charge in [-0.15, -0.1) is 0 Å². The Morgan fingerprint density at radius 3 is 2.36 bits per heavy atom. The molecule has 0 spiro atoms. The number of aromatic nitrogens is 4. The van der Waals surface area contributed by atoms with Crippen molar-refractivity contribution in [2.75, 3.05) is 10.6 Å². The number of carbonyl (C=O) groups is 1. The molecule has 2 aromatic heterocycles. The molecule has 0 saturated heterocycles. The normalized spacial score (nSPS) is 10.9. The Morgan fingerprint density at radius 2 is 1.79 bits per heavy atom. The summed E-state index contributed by atoms with van der Waals surface area (Å²) in [5.41, 5.74) is 4.22. The molecule has 3 rings (SSSR count). The fraction of sp³-hybridized carbons (Fsp3) is 0.300. The maximum Gasteiger partial charge on any atom is 0.323 e. The molecule has 0 radical (unpaired) electrons. The first kappa shape index (κ1) is 19.3. The van der Waals surface area contributed by atoms with Gasteiger partial charge in [0, 0.05) is 23.4 Å². The molecular formula is C20H24N6O2. The van der Waals surface area contributed by atoms with Gasteiger partial charge in [0.05, 0.1) is 22.8 Å². The molecule has 0 saturated carbocycles. The monoisotopic (exact) mass is 380 g/mol. The number of benzene rings is 1.